The Hall–Kier alpha value is -4.50. The standard InChI is InChI=1S/C29H26O9/c1-18(34-26(31)20-12-6-3-7-13-20)23-24(36-27(32)21-14-8-4-9-15-21)25(29(38-23)35-19(2)30)37-28(33)22-16-10-5-11-17-22/h3-18,23-25,29H,1-2H3/t18-,23+,24+,25-,29?/m1/s1. The monoisotopic (exact) mass is 518 g/mol. The average Bonchev–Trinajstić information content (AvgIpc) is 3.25. The third kappa shape index (κ3) is 6.43. The van der Waals surface area contributed by atoms with Crippen molar-refractivity contribution in [3.05, 3.63) is 108 Å². The largest absolute Gasteiger partial charge is 0.456 e. The van der Waals surface area contributed by atoms with Gasteiger partial charge in [-0.15, -0.1) is 0 Å². The Morgan fingerprint density at radius 2 is 1.05 bits per heavy atom. The van der Waals surface area contributed by atoms with Gasteiger partial charge in [0, 0.05) is 6.92 Å². The maximum Gasteiger partial charge on any atom is 0.338 e. The summed E-state index contributed by atoms with van der Waals surface area (Å²) in [6, 6.07) is 24.6. The molecule has 9 nitrogen and oxygen atoms in total. The first-order valence-corrected chi connectivity index (χ1v) is 11.9. The quantitative estimate of drug-likeness (QED) is 0.323. The minimum Gasteiger partial charge on any atom is -0.456 e. The molecule has 1 heterocycles. The molecule has 0 saturated carbocycles. The van der Waals surface area contributed by atoms with Crippen molar-refractivity contribution < 1.29 is 42.9 Å². The van der Waals surface area contributed by atoms with Gasteiger partial charge < -0.3 is 23.7 Å². The van der Waals surface area contributed by atoms with E-state index in [1.54, 1.807) is 97.9 Å². The predicted molar refractivity (Wildman–Crippen MR) is 133 cm³/mol. The smallest absolute Gasteiger partial charge is 0.338 e. The molecule has 1 fully saturated rings. The zero-order chi connectivity index (χ0) is 27.1. The first-order chi connectivity index (χ1) is 18.3. The second-order valence-electron chi connectivity index (χ2n) is 8.53. The van der Waals surface area contributed by atoms with E-state index in [0.717, 1.165) is 6.92 Å². The fourth-order valence-electron chi connectivity index (χ4n) is 3.95. The zero-order valence-electron chi connectivity index (χ0n) is 20.7. The molecule has 1 aliphatic heterocycles. The van der Waals surface area contributed by atoms with Gasteiger partial charge in [-0.3, -0.25) is 4.79 Å². The zero-order valence-corrected chi connectivity index (χ0v) is 20.7. The molecule has 0 radical (unpaired) electrons. The van der Waals surface area contributed by atoms with Gasteiger partial charge in [-0.05, 0) is 43.3 Å². The van der Waals surface area contributed by atoms with E-state index >= 15 is 0 Å². The highest BCUT2D eigenvalue weighted by Gasteiger charge is 2.54. The van der Waals surface area contributed by atoms with Crippen molar-refractivity contribution >= 4 is 23.9 Å². The maximum atomic E-state index is 13.0. The first kappa shape index (κ1) is 26.6. The van der Waals surface area contributed by atoms with Crippen LogP contribution in [0.4, 0.5) is 0 Å². The lowest BCUT2D eigenvalue weighted by molar-refractivity contribution is -0.191. The van der Waals surface area contributed by atoms with Crippen molar-refractivity contribution in [1.29, 1.82) is 0 Å². The van der Waals surface area contributed by atoms with Crippen LogP contribution < -0.4 is 0 Å². The van der Waals surface area contributed by atoms with Crippen molar-refractivity contribution in [2.75, 3.05) is 0 Å². The van der Waals surface area contributed by atoms with Gasteiger partial charge in [0.15, 0.2) is 6.10 Å². The van der Waals surface area contributed by atoms with Crippen LogP contribution >= 0.6 is 0 Å². The van der Waals surface area contributed by atoms with Crippen molar-refractivity contribution in [3.63, 3.8) is 0 Å². The number of ether oxygens (including phenoxy) is 5. The van der Waals surface area contributed by atoms with Gasteiger partial charge in [0.05, 0.1) is 16.7 Å². The molecule has 0 aliphatic carbocycles. The molecule has 1 unspecified atom stereocenters. The van der Waals surface area contributed by atoms with Crippen molar-refractivity contribution in [3.8, 4) is 0 Å². The van der Waals surface area contributed by atoms with Crippen LogP contribution in [-0.2, 0) is 28.5 Å². The normalized spacial score (nSPS) is 21.1. The number of rotatable bonds is 8. The molecule has 3 aromatic carbocycles. The third-order valence-electron chi connectivity index (χ3n) is 5.76. The predicted octanol–water partition coefficient (Wildman–Crippen LogP) is 3.97. The summed E-state index contributed by atoms with van der Waals surface area (Å²) in [5.74, 6) is -2.82. The molecule has 0 spiro atoms. The fourth-order valence-corrected chi connectivity index (χ4v) is 3.95. The molecule has 0 amide bonds. The van der Waals surface area contributed by atoms with Gasteiger partial charge in [0.1, 0.15) is 12.2 Å². The highest BCUT2D eigenvalue weighted by molar-refractivity contribution is 5.91. The van der Waals surface area contributed by atoms with Crippen LogP contribution in [0.25, 0.3) is 0 Å². The molecule has 38 heavy (non-hydrogen) atoms. The highest BCUT2D eigenvalue weighted by Crippen LogP contribution is 2.32. The van der Waals surface area contributed by atoms with E-state index in [-0.39, 0.29) is 11.1 Å². The fraction of sp³-hybridized carbons (Fsp3) is 0.241. The lowest BCUT2D eigenvalue weighted by Crippen LogP contribution is -2.45. The SMILES string of the molecule is CC(=O)OC1O[C@@H]([C@@H](C)OC(=O)c2ccccc2)[C@H](OC(=O)c2ccccc2)[C@H]1OC(=O)c1ccccc1. The number of hydrogen-bond acceptors (Lipinski definition) is 9. The average molecular weight is 519 g/mol. The van der Waals surface area contributed by atoms with Gasteiger partial charge >= 0.3 is 23.9 Å². The Labute approximate surface area is 219 Å². The summed E-state index contributed by atoms with van der Waals surface area (Å²) in [6.07, 6.45) is -6.17. The molecular weight excluding hydrogens is 492 g/mol. The summed E-state index contributed by atoms with van der Waals surface area (Å²) in [4.78, 5) is 50.5. The van der Waals surface area contributed by atoms with E-state index in [9.17, 15) is 19.2 Å². The van der Waals surface area contributed by atoms with Gasteiger partial charge in [0.2, 0.25) is 12.4 Å². The Kier molecular flexibility index (Phi) is 8.50. The molecule has 0 bridgehead atoms. The summed E-state index contributed by atoms with van der Waals surface area (Å²) in [6.45, 7) is 2.71. The lowest BCUT2D eigenvalue weighted by atomic mass is 10.1. The molecule has 0 aromatic heterocycles. The van der Waals surface area contributed by atoms with Gasteiger partial charge in [0.25, 0.3) is 0 Å². The molecular formula is C29H26O9. The summed E-state index contributed by atoms with van der Waals surface area (Å²) in [5, 5.41) is 0. The van der Waals surface area contributed by atoms with Crippen LogP contribution in [0, 0.1) is 0 Å². The van der Waals surface area contributed by atoms with Crippen molar-refractivity contribution in [2.45, 2.75) is 44.6 Å². The maximum absolute atomic E-state index is 13.0. The summed E-state index contributed by atoms with van der Waals surface area (Å²) < 4.78 is 28.2. The molecule has 9 heteroatoms. The van der Waals surface area contributed by atoms with Gasteiger partial charge in [-0.1, -0.05) is 54.6 Å². The number of carbonyl (C=O) groups excluding carboxylic acids is 4. The molecule has 196 valence electrons. The Bertz CT molecular complexity index is 1260. The molecule has 4 rings (SSSR count). The van der Waals surface area contributed by atoms with Crippen molar-refractivity contribution in [2.24, 2.45) is 0 Å². The first-order valence-electron chi connectivity index (χ1n) is 11.9. The van der Waals surface area contributed by atoms with Gasteiger partial charge in [-0.25, -0.2) is 14.4 Å². The van der Waals surface area contributed by atoms with Crippen LogP contribution in [-0.4, -0.2) is 54.6 Å². The third-order valence-corrected chi connectivity index (χ3v) is 5.76. The summed E-state index contributed by atoms with van der Waals surface area (Å²) in [7, 11) is 0. The van der Waals surface area contributed by atoms with Crippen LogP contribution in [0.5, 0.6) is 0 Å². The van der Waals surface area contributed by atoms with E-state index < -0.39 is 54.6 Å². The number of hydrogen-bond donors (Lipinski definition) is 0. The number of carbonyl (C=O) groups is 4. The Morgan fingerprint density at radius 3 is 1.50 bits per heavy atom. The van der Waals surface area contributed by atoms with E-state index in [2.05, 4.69) is 0 Å². The van der Waals surface area contributed by atoms with E-state index in [1.165, 1.54) is 0 Å². The van der Waals surface area contributed by atoms with Crippen LogP contribution in [0.2, 0.25) is 0 Å². The molecule has 1 aliphatic rings. The summed E-state index contributed by atoms with van der Waals surface area (Å²) >= 11 is 0. The molecule has 0 N–H and O–H groups in total. The van der Waals surface area contributed by atoms with Gasteiger partial charge in [-0.2, -0.15) is 0 Å². The Balaban J connectivity index is 1.63. The second-order valence-corrected chi connectivity index (χ2v) is 8.53. The van der Waals surface area contributed by atoms with Crippen molar-refractivity contribution in [1.82, 2.24) is 0 Å². The van der Waals surface area contributed by atoms with E-state index in [1.807, 2.05) is 0 Å². The molecule has 1 saturated heterocycles. The minimum absolute atomic E-state index is 0.231. The van der Waals surface area contributed by atoms with Crippen LogP contribution in [0.3, 0.4) is 0 Å². The second kappa shape index (κ2) is 12.2. The topological polar surface area (TPSA) is 114 Å². The minimum atomic E-state index is -1.42. The molecule has 3 aromatic rings. The van der Waals surface area contributed by atoms with E-state index in [0.29, 0.717) is 5.56 Å². The highest BCUT2D eigenvalue weighted by atomic mass is 16.8. The number of benzene rings is 3. The Morgan fingerprint density at radius 1 is 0.632 bits per heavy atom. The number of esters is 4. The summed E-state index contributed by atoms with van der Waals surface area (Å²) in [5.41, 5.74) is 0.775. The lowest BCUT2D eigenvalue weighted by Gasteiger charge is -2.26. The molecule has 5 atom stereocenters. The van der Waals surface area contributed by atoms with Crippen LogP contribution in [0.1, 0.15) is 44.9 Å². The van der Waals surface area contributed by atoms with E-state index in [4.69, 9.17) is 23.7 Å². The van der Waals surface area contributed by atoms with Crippen LogP contribution in [0.15, 0.2) is 91.0 Å².